The number of benzene rings is 1. The van der Waals surface area contributed by atoms with Gasteiger partial charge in [0.2, 0.25) is 0 Å². The third-order valence-electron chi connectivity index (χ3n) is 1.90. The molecular formula is C10H9F4O4P. The van der Waals surface area contributed by atoms with Gasteiger partial charge < -0.3 is 9.26 Å². The maximum absolute atomic E-state index is 12.9. The Kier molecular flexibility index (Phi) is 5.08. The van der Waals surface area contributed by atoms with Gasteiger partial charge in [0.15, 0.2) is 0 Å². The van der Waals surface area contributed by atoms with E-state index in [2.05, 4.69) is 9.26 Å². The molecule has 0 spiro atoms. The molecule has 0 saturated heterocycles. The first-order valence-corrected chi connectivity index (χ1v) is 6.33. The van der Waals surface area contributed by atoms with Crippen molar-refractivity contribution < 1.29 is 36.2 Å². The molecule has 0 aromatic heterocycles. The Bertz CT molecular complexity index is 501. The quantitative estimate of drug-likeness (QED) is 0.626. The molecule has 1 aromatic carbocycles. The summed E-state index contributed by atoms with van der Waals surface area (Å²) in [5, 5.41) is 0. The number of halogens is 4. The first-order chi connectivity index (χ1) is 8.75. The summed E-state index contributed by atoms with van der Waals surface area (Å²) in [5.74, 6) is -2.05. The molecule has 1 unspecified atom stereocenters. The Morgan fingerprint density at radius 3 is 2.53 bits per heavy atom. The van der Waals surface area contributed by atoms with Gasteiger partial charge >= 0.3 is 11.9 Å². The Hall–Kier alpha value is -1.40. The normalized spacial score (nSPS) is 13.1. The van der Waals surface area contributed by atoms with Crippen LogP contribution in [0.15, 0.2) is 18.2 Å². The summed E-state index contributed by atoms with van der Waals surface area (Å²) >= 11 is 0. The monoisotopic (exact) mass is 300 g/mol. The minimum absolute atomic E-state index is 0.00981. The second kappa shape index (κ2) is 6.16. The lowest BCUT2D eigenvalue weighted by molar-refractivity contribution is -0.140. The highest BCUT2D eigenvalue weighted by Gasteiger charge is 2.34. The minimum atomic E-state index is -4.92. The van der Waals surface area contributed by atoms with Gasteiger partial charge in [-0.25, -0.2) is 9.18 Å². The zero-order chi connectivity index (χ0) is 14.6. The molecule has 1 aromatic rings. The highest BCUT2D eigenvalue weighted by molar-refractivity contribution is 7.58. The number of rotatable bonds is 4. The van der Waals surface area contributed by atoms with Gasteiger partial charge in [-0.3, -0.25) is 4.57 Å². The predicted octanol–water partition coefficient (Wildman–Crippen LogP) is 3.85. The zero-order valence-corrected chi connectivity index (χ0v) is 10.6. The van der Waals surface area contributed by atoms with E-state index in [0.29, 0.717) is 12.1 Å². The van der Waals surface area contributed by atoms with E-state index in [4.69, 9.17) is 0 Å². The summed E-state index contributed by atoms with van der Waals surface area (Å²) in [6, 6.07) is 1.64. The Morgan fingerprint density at radius 2 is 2.00 bits per heavy atom. The van der Waals surface area contributed by atoms with Crippen molar-refractivity contribution in [2.45, 2.75) is 13.1 Å². The van der Waals surface area contributed by atoms with Crippen LogP contribution < -0.4 is 4.74 Å². The second-order valence-corrected chi connectivity index (χ2v) is 4.52. The molecule has 4 nitrogen and oxygen atoms in total. The van der Waals surface area contributed by atoms with Crippen LogP contribution in [0.25, 0.3) is 0 Å². The fourth-order valence-electron chi connectivity index (χ4n) is 1.12. The van der Waals surface area contributed by atoms with Crippen LogP contribution in [-0.2, 0) is 15.3 Å². The van der Waals surface area contributed by atoms with Crippen LogP contribution in [0.3, 0.4) is 0 Å². The average Bonchev–Trinajstić information content (AvgIpc) is 2.30. The summed E-state index contributed by atoms with van der Waals surface area (Å²) < 4.78 is 70.1. The maximum atomic E-state index is 12.9. The van der Waals surface area contributed by atoms with Crippen molar-refractivity contribution in [2.75, 3.05) is 6.61 Å². The van der Waals surface area contributed by atoms with Gasteiger partial charge in [-0.1, -0.05) is 0 Å². The van der Waals surface area contributed by atoms with Crippen molar-refractivity contribution in [3.05, 3.63) is 29.6 Å². The number of hydrogen-bond acceptors (Lipinski definition) is 4. The lowest BCUT2D eigenvalue weighted by atomic mass is 10.2. The van der Waals surface area contributed by atoms with E-state index in [0.717, 1.165) is 6.07 Å². The molecule has 0 fully saturated rings. The molecule has 1 atom stereocenters. The van der Waals surface area contributed by atoms with E-state index in [1.807, 2.05) is 0 Å². The van der Waals surface area contributed by atoms with E-state index in [1.165, 1.54) is 6.92 Å². The van der Waals surface area contributed by atoms with E-state index in [-0.39, 0.29) is 6.61 Å². The van der Waals surface area contributed by atoms with Crippen molar-refractivity contribution >= 4 is 13.7 Å². The first-order valence-electron chi connectivity index (χ1n) is 5.01. The largest absolute Gasteiger partial charge is 0.420 e. The van der Waals surface area contributed by atoms with Crippen molar-refractivity contribution in [3.8, 4) is 5.75 Å². The molecule has 0 aliphatic rings. The Morgan fingerprint density at radius 1 is 1.37 bits per heavy atom. The molecule has 9 heteroatoms. The van der Waals surface area contributed by atoms with E-state index in [9.17, 15) is 26.9 Å². The first kappa shape index (κ1) is 15.7. The Balaban J connectivity index is 2.92. The van der Waals surface area contributed by atoms with Crippen LogP contribution >= 0.6 is 8.03 Å². The number of ether oxygens (including phenoxy) is 1. The minimum Gasteiger partial charge on any atom is -0.420 e. The predicted molar refractivity (Wildman–Crippen MR) is 58.1 cm³/mol. The zero-order valence-electron chi connectivity index (χ0n) is 9.58. The standard InChI is InChI=1S/C10H9F4O4P/c1-2-17-19(16)9(15)18-6-3-4-8(11)7(5-6)10(12,13)14/h3-5,19H,2H2,1H3. The summed E-state index contributed by atoms with van der Waals surface area (Å²) in [4.78, 5) is 11.2. The van der Waals surface area contributed by atoms with Gasteiger partial charge in [-0.2, -0.15) is 13.2 Å². The molecule has 1 rings (SSSR count). The third-order valence-corrected chi connectivity index (χ3v) is 2.88. The summed E-state index contributed by atoms with van der Waals surface area (Å²) in [5.41, 5.74) is -2.87. The smallest absolute Gasteiger partial charge is 0.419 e. The molecule has 0 bridgehead atoms. The van der Waals surface area contributed by atoms with Gasteiger partial charge in [0.25, 0.3) is 8.03 Å². The number of carbonyl (C=O) groups is 1. The van der Waals surface area contributed by atoms with Crippen LogP contribution in [0.1, 0.15) is 12.5 Å². The third kappa shape index (κ3) is 4.33. The van der Waals surface area contributed by atoms with Crippen LogP contribution in [0.4, 0.5) is 22.4 Å². The average molecular weight is 300 g/mol. The molecular weight excluding hydrogens is 291 g/mol. The molecule has 0 amide bonds. The van der Waals surface area contributed by atoms with Crippen LogP contribution in [0.5, 0.6) is 5.75 Å². The highest BCUT2D eigenvalue weighted by atomic mass is 31.1. The lowest BCUT2D eigenvalue weighted by Gasteiger charge is -2.10. The van der Waals surface area contributed by atoms with Crippen LogP contribution in [-0.4, -0.2) is 12.3 Å². The molecule has 19 heavy (non-hydrogen) atoms. The van der Waals surface area contributed by atoms with Gasteiger partial charge in [0.1, 0.15) is 11.6 Å². The molecule has 106 valence electrons. The van der Waals surface area contributed by atoms with Crippen LogP contribution in [0, 0.1) is 5.82 Å². The number of hydrogen-bond donors (Lipinski definition) is 0. The fourth-order valence-corrected chi connectivity index (χ4v) is 1.71. The van der Waals surface area contributed by atoms with Crippen molar-refractivity contribution in [1.29, 1.82) is 0 Å². The molecule has 0 heterocycles. The Labute approximate surface area is 106 Å². The second-order valence-electron chi connectivity index (χ2n) is 3.25. The van der Waals surface area contributed by atoms with E-state index in [1.54, 1.807) is 0 Å². The van der Waals surface area contributed by atoms with E-state index >= 15 is 0 Å². The van der Waals surface area contributed by atoms with Crippen molar-refractivity contribution in [2.24, 2.45) is 0 Å². The number of alkyl halides is 3. The molecule has 0 radical (unpaired) electrons. The molecule has 0 N–H and O–H groups in total. The topological polar surface area (TPSA) is 52.6 Å². The molecule has 0 saturated carbocycles. The van der Waals surface area contributed by atoms with Gasteiger partial charge in [0, 0.05) is 0 Å². The summed E-state index contributed by atoms with van der Waals surface area (Å²) in [6.07, 6.45) is -4.92. The van der Waals surface area contributed by atoms with E-state index < -0.39 is 37.0 Å². The fraction of sp³-hybridized carbons (Fsp3) is 0.300. The van der Waals surface area contributed by atoms with Gasteiger partial charge in [-0.15, -0.1) is 0 Å². The van der Waals surface area contributed by atoms with Crippen LogP contribution in [0.2, 0.25) is 0 Å². The molecule has 0 aliphatic carbocycles. The highest BCUT2D eigenvalue weighted by Crippen LogP contribution is 2.34. The van der Waals surface area contributed by atoms with Crippen molar-refractivity contribution in [1.82, 2.24) is 0 Å². The number of carbonyl (C=O) groups excluding carboxylic acids is 1. The summed E-state index contributed by atoms with van der Waals surface area (Å²) in [7, 11) is -3.16. The van der Waals surface area contributed by atoms with Crippen molar-refractivity contribution in [3.63, 3.8) is 0 Å². The lowest BCUT2D eigenvalue weighted by Crippen LogP contribution is -2.09. The van der Waals surface area contributed by atoms with Gasteiger partial charge in [-0.05, 0) is 25.1 Å². The molecule has 0 aliphatic heterocycles. The SMILES string of the molecule is CCO[PH](=O)C(=O)Oc1ccc(F)c(C(F)(F)F)c1. The van der Waals surface area contributed by atoms with Gasteiger partial charge in [0.05, 0.1) is 12.2 Å². The maximum Gasteiger partial charge on any atom is 0.419 e. The summed E-state index contributed by atoms with van der Waals surface area (Å²) in [6.45, 7) is 1.47.